The van der Waals surface area contributed by atoms with Crippen LogP contribution in [0.1, 0.15) is 19.7 Å². The Balaban J connectivity index is 3.25. The quantitative estimate of drug-likeness (QED) is 0.568. The molecule has 0 aliphatic rings. The van der Waals surface area contributed by atoms with Gasteiger partial charge in [0.15, 0.2) is 0 Å². The van der Waals surface area contributed by atoms with E-state index in [0.29, 0.717) is 18.8 Å². The topological polar surface area (TPSA) is 34.9 Å². The van der Waals surface area contributed by atoms with E-state index in [2.05, 4.69) is 11.6 Å². The average Bonchev–Trinajstić information content (AvgIpc) is 2.08. The maximum absolute atomic E-state index is 11.6. The third-order valence-electron chi connectivity index (χ3n) is 1.80. The summed E-state index contributed by atoms with van der Waals surface area (Å²) in [6, 6.07) is 1.32. The molecule has 3 nitrogen and oxygen atoms in total. The molecule has 0 radical (unpaired) electrons. The maximum Gasteiger partial charge on any atom is 0.255 e. The lowest BCUT2D eigenvalue weighted by molar-refractivity contribution is 0.668. The zero-order valence-corrected chi connectivity index (χ0v) is 9.14. The summed E-state index contributed by atoms with van der Waals surface area (Å²) in [7, 11) is 0. The molecule has 0 bridgehead atoms. The molecule has 0 unspecified atom stereocenters. The van der Waals surface area contributed by atoms with Gasteiger partial charge in [0.25, 0.3) is 5.56 Å². The molecule has 0 N–H and O–H groups in total. The van der Waals surface area contributed by atoms with Gasteiger partial charge in [-0.05, 0) is 6.92 Å². The molecule has 0 atom stereocenters. The van der Waals surface area contributed by atoms with Crippen molar-refractivity contribution in [1.29, 1.82) is 0 Å². The van der Waals surface area contributed by atoms with Crippen molar-refractivity contribution in [2.75, 3.05) is 0 Å². The molecular formula is C10H13ClN2O. The number of hydrogen-bond acceptors (Lipinski definition) is 2. The minimum Gasteiger partial charge on any atom is -0.292 e. The van der Waals surface area contributed by atoms with Gasteiger partial charge in [0, 0.05) is 19.0 Å². The van der Waals surface area contributed by atoms with E-state index in [1.54, 1.807) is 4.57 Å². The lowest BCUT2D eigenvalue weighted by Gasteiger charge is -2.10. The van der Waals surface area contributed by atoms with E-state index < -0.39 is 0 Å². The van der Waals surface area contributed by atoms with Gasteiger partial charge in [0.1, 0.15) is 11.0 Å². The highest BCUT2D eigenvalue weighted by molar-refractivity contribution is 6.29. The van der Waals surface area contributed by atoms with Crippen LogP contribution in [0.15, 0.2) is 23.0 Å². The second-order valence-corrected chi connectivity index (χ2v) is 3.62. The van der Waals surface area contributed by atoms with E-state index in [1.165, 1.54) is 6.07 Å². The van der Waals surface area contributed by atoms with E-state index in [0.717, 1.165) is 5.57 Å². The Hall–Kier alpha value is -1.09. The fourth-order valence-electron chi connectivity index (χ4n) is 1.23. The van der Waals surface area contributed by atoms with Gasteiger partial charge in [-0.2, -0.15) is 0 Å². The van der Waals surface area contributed by atoms with Crippen molar-refractivity contribution in [2.24, 2.45) is 0 Å². The van der Waals surface area contributed by atoms with Gasteiger partial charge in [-0.25, -0.2) is 4.98 Å². The molecule has 0 aliphatic carbocycles. The number of aryl methyl sites for hydroxylation is 1. The van der Waals surface area contributed by atoms with Crippen LogP contribution >= 0.6 is 11.6 Å². The highest BCUT2D eigenvalue weighted by Crippen LogP contribution is 2.04. The van der Waals surface area contributed by atoms with Gasteiger partial charge >= 0.3 is 0 Å². The third kappa shape index (κ3) is 2.45. The molecule has 1 heterocycles. The number of aromatic nitrogens is 2. The molecule has 0 amide bonds. The number of hydrogen-bond donors (Lipinski definition) is 0. The van der Waals surface area contributed by atoms with Crippen molar-refractivity contribution < 1.29 is 0 Å². The SMILES string of the molecule is C=C(C)Cn1c(CC)nc(Cl)cc1=O. The monoisotopic (exact) mass is 212 g/mol. The smallest absolute Gasteiger partial charge is 0.255 e. The van der Waals surface area contributed by atoms with Gasteiger partial charge in [-0.1, -0.05) is 30.7 Å². The predicted octanol–water partition coefficient (Wildman–Crippen LogP) is 2.04. The Morgan fingerprint density at radius 1 is 1.71 bits per heavy atom. The van der Waals surface area contributed by atoms with E-state index >= 15 is 0 Å². The van der Waals surface area contributed by atoms with Crippen LogP contribution in [0.4, 0.5) is 0 Å². The Labute approximate surface area is 88.0 Å². The first-order valence-corrected chi connectivity index (χ1v) is 4.83. The summed E-state index contributed by atoms with van der Waals surface area (Å²) in [6.07, 6.45) is 0.684. The molecule has 1 aromatic rings. The Kier molecular flexibility index (Phi) is 3.47. The van der Waals surface area contributed by atoms with Crippen LogP contribution in [-0.2, 0) is 13.0 Å². The predicted molar refractivity (Wildman–Crippen MR) is 57.7 cm³/mol. The van der Waals surface area contributed by atoms with Crippen molar-refractivity contribution in [1.82, 2.24) is 9.55 Å². The molecule has 0 saturated carbocycles. The molecule has 0 saturated heterocycles. The Morgan fingerprint density at radius 2 is 2.36 bits per heavy atom. The van der Waals surface area contributed by atoms with Crippen molar-refractivity contribution in [2.45, 2.75) is 26.8 Å². The summed E-state index contributed by atoms with van der Waals surface area (Å²) in [5, 5.41) is 0.254. The van der Waals surface area contributed by atoms with Gasteiger partial charge in [0.2, 0.25) is 0 Å². The van der Waals surface area contributed by atoms with Crippen molar-refractivity contribution >= 4 is 11.6 Å². The summed E-state index contributed by atoms with van der Waals surface area (Å²) >= 11 is 5.69. The molecule has 0 aromatic carbocycles. The summed E-state index contributed by atoms with van der Waals surface area (Å²) in [5.74, 6) is 0.700. The minimum absolute atomic E-state index is 0.121. The first-order chi connectivity index (χ1) is 6.54. The van der Waals surface area contributed by atoms with Crippen LogP contribution in [-0.4, -0.2) is 9.55 Å². The lowest BCUT2D eigenvalue weighted by atomic mass is 10.3. The first kappa shape index (κ1) is 11.0. The highest BCUT2D eigenvalue weighted by atomic mass is 35.5. The van der Waals surface area contributed by atoms with Crippen LogP contribution in [0.25, 0.3) is 0 Å². The van der Waals surface area contributed by atoms with Crippen LogP contribution in [0.5, 0.6) is 0 Å². The third-order valence-corrected chi connectivity index (χ3v) is 1.99. The summed E-state index contributed by atoms with van der Waals surface area (Å²) in [4.78, 5) is 15.6. The van der Waals surface area contributed by atoms with E-state index in [1.807, 2.05) is 13.8 Å². The molecule has 1 rings (SSSR count). The fourth-order valence-corrected chi connectivity index (χ4v) is 1.42. The van der Waals surface area contributed by atoms with Crippen LogP contribution < -0.4 is 5.56 Å². The van der Waals surface area contributed by atoms with Gasteiger partial charge < -0.3 is 0 Å². The number of allylic oxidation sites excluding steroid dienone is 1. The van der Waals surface area contributed by atoms with Gasteiger partial charge in [0.05, 0.1) is 0 Å². The zero-order valence-electron chi connectivity index (χ0n) is 8.38. The van der Waals surface area contributed by atoms with Crippen molar-refractivity contribution in [3.63, 3.8) is 0 Å². The normalized spacial score (nSPS) is 10.2. The van der Waals surface area contributed by atoms with Crippen molar-refractivity contribution in [3.8, 4) is 0 Å². The number of nitrogens with zero attached hydrogens (tertiary/aromatic N) is 2. The van der Waals surface area contributed by atoms with E-state index in [4.69, 9.17) is 11.6 Å². The molecular weight excluding hydrogens is 200 g/mol. The second kappa shape index (κ2) is 4.42. The Bertz CT molecular complexity index is 409. The standard InChI is InChI=1S/C10H13ClN2O/c1-4-9-12-8(11)5-10(14)13(9)6-7(2)3/h5H,2,4,6H2,1,3H3. The maximum atomic E-state index is 11.6. The van der Waals surface area contributed by atoms with Gasteiger partial charge in [-0.3, -0.25) is 9.36 Å². The van der Waals surface area contributed by atoms with Gasteiger partial charge in [-0.15, -0.1) is 0 Å². The largest absolute Gasteiger partial charge is 0.292 e. The molecule has 14 heavy (non-hydrogen) atoms. The molecule has 0 aliphatic heterocycles. The number of rotatable bonds is 3. The fraction of sp³-hybridized carbons (Fsp3) is 0.400. The van der Waals surface area contributed by atoms with Crippen LogP contribution in [0, 0.1) is 0 Å². The summed E-state index contributed by atoms with van der Waals surface area (Å²) in [6.45, 7) is 8.09. The number of halogens is 1. The molecule has 0 fully saturated rings. The molecule has 76 valence electrons. The first-order valence-electron chi connectivity index (χ1n) is 4.45. The Morgan fingerprint density at radius 3 is 2.86 bits per heavy atom. The average molecular weight is 213 g/mol. The lowest BCUT2D eigenvalue weighted by Crippen LogP contribution is -2.24. The second-order valence-electron chi connectivity index (χ2n) is 3.23. The summed E-state index contributed by atoms with van der Waals surface area (Å²) in [5.41, 5.74) is 0.802. The minimum atomic E-state index is -0.121. The summed E-state index contributed by atoms with van der Waals surface area (Å²) < 4.78 is 1.59. The highest BCUT2D eigenvalue weighted by Gasteiger charge is 2.05. The molecule has 1 aromatic heterocycles. The van der Waals surface area contributed by atoms with E-state index in [-0.39, 0.29) is 10.7 Å². The van der Waals surface area contributed by atoms with Crippen LogP contribution in [0.2, 0.25) is 5.15 Å². The van der Waals surface area contributed by atoms with Crippen LogP contribution in [0.3, 0.4) is 0 Å². The van der Waals surface area contributed by atoms with Crippen molar-refractivity contribution in [3.05, 3.63) is 39.5 Å². The van der Waals surface area contributed by atoms with E-state index in [9.17, 15) is 4.79 Å². The molecule has 0 spiro atoms. The zero-order chi connectivity index (χ0) is 10.7. The molecule has 4 heteroatoms.